The molecule has 1 fully saturated rings. The number of nitrogens with zero attached hydrogens (tertiary/aromatic N) is 1. The second-order valence-electron chi connectivity index (χ2n) is 4.60. The maximum atomic E-state index is 12.1. The minimum Gasteiger partial charge on any atom is -0.480 e. The first-order chi connectivity index (χ1) is 8.97. The van der Waals surface area contributed by atoms with Crippen LogP contribution >= 0.6 is 11.8 Å². The van der Waals surface area contributed by atoms with Gasteiger partial charge in [0.15, 0.2) is 5.12 Å². The molecule has 1 N–H and O–H groups in total. The van der Waals surface area contributed by atoms with Crippen LogP contribution in [0.4, 0.5) is 0 Å². The highest BCUT2D eigenvalue weighted by Gasteiger charge is 2.35. The molecule has 1 aliphatic rings. The van der Waals surface area contributed by atoms with Gasteiger partial charge in [0.1, 0.15) is 6.04 Å². The van der Waals surface area contributed by atoms with E-state index < -0.39 is 12.0 Å². The molecule has 6 heteroatoms. The molecule has 1 aliphatic heterocycles. The van der Waals surface area contributed by atoms with Gasteiger partial charge in [-0.2, -0.15) is 0 Å². The number of rotatable bonds is 6. The highest BCUT2D eigenvalue weighted by molar-refractivity contribution is 8.13. The first kappa shape index (κ1) is 15.8. The lowest BCUT2D eigenvalue weighted by Crippen LogP contribution is -2.43. The Hall–Kier alpha value is -1.30. The van der Waals surface area contributed by atoms with Crippen molar-refractivity contribution in [1.29, 1.82) is 0 Å². The fraction of sp³-hybridized carbons (Fsp3) is 0.615. The summed E-state index contributed by atoms with van der Waals surface area (Å²) in [6, 6.07) is -0.705. The Balaban J connectivity index is 2.50. The van der Waals surface area contributed by atoms with Crippen LogP contribution in [0.25, 0.3) is 0 Å². The Morgan fingerprint density at radius 2 is 2.21 bits per heavy atom. The van der Waals surface area contributed by atoms with Crippen LogP contribution in [0.2, 0.25) is 0 Å². The Labute approximate surface area is 117 Å². The average Bonchev–Trinajstić information content (AvgIpc) is 2.84. The van der Waals surface area contributed by atoms with Gasteiger partial charge in [-0.05, 0) is 12.8 Å². The first-order valence-corrected chi connectivity index (χ1v) is 7.25. The van der Waals surface area contributed by atoms with Crippen molar-refractivity contribution in [1.82, 2.24) is 4.90 Å². The lowest BCUT2D eigenvalue weighted by atomic mass is 10.1. The van der Waals surface area contributed by atoms with E-state index in [0.717, 1.165) is 18.2 Å². The monoisotopic (exact) mass is 285 g/mol. The van der Waals surface area contributed by atoms with E-state index in [0.29, 0.717) is 18.7 Å². The predicted octanol–water partition coefficient (Wildman–Crippen LogP) is 1.53. The number of carboxylic acid groups (broad SMARTS) is 1. The second-order valence-corrected chi connectivity index (χ2v) is 5.68. The number of likely N-dealkylation sites (tertiary alicyclic amines) is 1. The van der Waals surface area contributed by atoms with Gasteiger partial charge in [0.25, 0.3) is 0 Å². The molecule has 5 nitrogen and oxygen atoms in total. The van der Waals surface area contributed by atoms with E-state index in [1.54, 1.807) is 6.92 Å². The van der Waals surface area contributed by atoms with Crippen molar-refractivity contribution in [2.24, 2.45) is 5.92 Å². The molecule has 19 heavy (non-hydrogen) atoms. The molecule has 1 rings (SSSR count). The zero-order valence-electron chi connectivity index (χ0n) is 11.0. The third kappa shape index (κ3) is 4.38. The molecular formula is C13H19NO4S. The minimum absolute atomic E-state index is 0.0224. The van der Waals surface area contributed by atoms with Gasteiger partial charge in [-0.1, -0.05) is 24.8 Å². The molecule has 0 bridgehead atoms. The molecule has 2 atom stereocenters. The van der Waals surface area contributed by atoms with E-state index >= 15 is 0 Å². The van der Waals surface area contributed by atoms with Crippen molar-refractivity contribution in [2.75, 3.05) is 12.3 Å². The summed E-state index contributed by atoms with van der Waals surface area (Å²) >= 11 is 1.10. The molecule has 1 unspecified atom stereocenters. The Morgan fingerprint density at radius 3 is 2.79 bits per heavy atom. The molecule has 0 aromatic carbocycles. The van der Waals surface area contributed by atoms with Gasteiger partial charge in [0.2, 0.25) is 5.91 Å². The number of allylic oxidation sites excluding steroid dienone is 1. The molecule has 0 spiro atoms. The van der Waals surface area contributed by atoms with Crippen LogP contribution in [-0.4, -0.2) is 45.3 Å². The largest absolute Gasteiger partial charge is 0.480 e. The van der Waals surface area contributed by atoms with Crippen LogP contribution in [0.1, 0.15) is 26.2 Å². The number of carbonyl (C=O) groups is 3. The number of amides is 1. The molecule has 1 saturated heterocycles. The van der Waals surface area contributed by atoms with Gasteiger partial charge in [-0.3, -0.25) is 9.59 Å². The van der Waals surface area contributed by atoms with E-state index in [4.69, 9.17) is 5.11 Å². The molecule has 1 amide bonds. The summed E-state index contributed by atoms with van der Waals surface area (Å²) < 4.78 is 0. The molecule has 0 aromatic rings. The summed E-state index contributed by atoms with van der Waals surface area (Å²) in [6.07, 6.45) is 3.05. The quantitative estimate of drug-likeness (QED) is 0.749. The van der Waals surface area contributed by atoms with Crippen LogP contribution in [0.15, 0.2) is 12.7 Å². The minimum atomic E-state index is -0.951. The summed E-state index contributed by atoms with van der Waals surface area (Å²) in [5.41, 5.74) is 0. The van der Waals surface area contributed by atoms with Crippen LogP contribution in [-0.2, 0) is 14.4 Å². The Bertz CT molecular complexity index is 383. The van der Waals surface area contributed by atoms with Crippen LogP contribution in [0.5, 0.6) is 0 Å². The van der Waals surface area contributed by atoms with Gasteiger partial charge < -0.3 is 10.0 Å². The first-order valence-electron chi connectivity index (χ1n) is 6.27. The molecule has 106 valence electrons. The fourth-order valence-corrected chi connectivity index (χ4v) is 2.85. The van der Waals surface area contributed by atoms with Gasteiger partial charge >= 0.3 is 5.97 Å². The smallest absolute Gasteiger partial charge is 0.326 e. The number of hydrogen-bond donors (Lipinski definition) is 1. The molecular weight excluding hydrogens is 266 g/mol. The van der Waals surface area contributed by atoms with E-state index in [2.05, 4.69) is 6.58 Å². The molecule has 0 aliphatic carbocycles. The van der Waals surface area contributed by atoms with E-state index in [-0.39, 0.29) is 23.4 Å². The van der Waals surface area contributed by atoms with E-state index in [1.165, 1.54) is 11.0 Å². The van der Waals surface area contributed by atoms with Crippen LogP contribution in [0, 0.1) is 5.92 Å². The number of carbonyl (C=O) groups excluding carboxylic acids is 2. The number of thioether (sulfide) groups is 1. The van der Waals surface area contributed by atoms with Crippen molar-refractivity contribution in [3.8, 4) is 0 Å². The maximum absolute atomic E-state index is 12.1. The lowest BCUT2D eigenvalue weighted by Gasteiger charge is -2.24. The second kappa shape index (κ2) is 7.33. The van der Waals surface area contributed by atoms with E-state index in [1.807, 2.05) is 0 Å². The highest BCUT2D eigenvalue weighted by Crippen LogP contribution is 2.22. The zero-order chi connectivity index (χ0) is 14.4. The Kier molecular flexibility index (Phi) is 6.08. The normalized spacial score (nSPS) is 20.1. The van der Waals surface area contributed by atoms with Crippen molar-refractivity contribution in [2.45, 2.75) is 32.2 Å². The summed E-state index contributed by atoms with van der Waals surface area (Å²) in [6.45, 7) is 5.70. The van der Waals surface area contributed by atoms with Crippen LogP contribution in [0.3, 0.4) is 0 Å². The fourth-order valence-electron chi connectivity index (χ4n) is 2.04. The summed E-state index contributed by atoms with van der Waals surface area (Å²) in [4.78, 5) is 35.9. The topological polar surface area (TPSA) is 74.7 Å². The van der Waals surface area contributed by atoms with Crippen molar-refractivity contribution < 1.29 is 19.5 Å². The summed E-state index contributed by atoms with van der Waals surface area (Å²) in [7, 11) is 0. The Morgan fingerprint density at radius 1 is 1.53 bits per heavy atom. The predicted molar refractivity (Wildman–Crippen MR) is 73.8 cm³/mol. The highest BCUT2D eigenvalue weighted by atomic mass is 32.2. The van der Waals surface area contributed by atoms with Gasteiger partial charge in [0, 0.05) is 24.6 Å². The van der Waals surface area contributed by atoms with Crippen molar-refractivity contribution in [3.63, 3.8) is 0 Å². The van der Waals surface area contributed by atoms with Crippen molar-refractivity contribution in [3.05, 3.63) is 12.7 Å². The van der Waals surface area contributed by atoms with Gasteiger partial charge in [0.05, 0.1) is 0 Å². The molecule has 0 radical (unpaired) electrons. The number of hydrogen-bond acceptors (Lipinski definition) is 4. The SMILES string of the molecule is C=CCC(=O)SCC(C)C(=O)N1CCC[C@H]1C(=O)O. The van der Waals surface area contributed by atoms with Gasteiger partial charge in [-0.15, -0.1) is 6.58 Å². The molecule has 1 heterocycles. The third-order valence-electron chi connectivity index (χ3n) is 3.05. The lowest BCUT2D eigenvalue weighted by molar-refractivity contribution is -0.149. The third-order valence-corrected chi connectivity index (χ3v) is 4.20. The average molecular weight is 285 g/mol. The van der Waals surface area contributed by atoms with Crippen LogP contribution < -0.4 is 0 Å². The van der Waals surface area contributed by atoms with Gasteiger partial charge in [-0.25, -0.2) is 4.79 Å². The standard InChI is InChI=1S/C13H19NO4S/c1-3-5-11(15)19-8-9(2)12(16)14-7-4-6-10(14)13(17)18/h3,9-10H,1,4-8H2,2H3,(H,17,18)/t9?,10-/m0/s1. The van der Waals surface area contributed by atoms with E-state index in [9.17, 15) is 14.4 Å². The zero-order valence-corrected chi connectivity index (χ0v) is 11.8. The molecule has 0 saturated carbocycles. The van der Waals surface area contributed by atoms with Crippen molar-refractivity contribution >= 4 is 28.8 Å². The number of aliphatic carboxylic acids is 1. The summed E-state index contributed by atoms with van der Waals surface area (Å²) in [5.74, 6) is -1.09. The number of carboxylic acids is 1. The molecule has 0 aromatic heterocycles. The maximum Gasteiger partial charge on any atom is 0.326 e. The summed E-state index contributed by atoms with van der Waals surface area (Å²) in [5, 5.41) is 9.02.